The Bertz CT molecular complexity index is 1270. The lowest BCUT2D eigenvalue weighted by molar-refractivity contribution is 0.0994. The first kappa shape index (κ1) is 26.6. The molecule has 2 heterocycles. The first-order chi connectivity index (χ1) is 17.2. The number of nitrogens with one attached hydrogen (secondary N) is 1. The van der Waals surface area contributed by atoms with Gasteiger partial charge in [-0.25, -0.2) is 8.42 Å². The number of nitrogens with zero attached hydrogens (tertiary/aromatic N) is 4. The van der Waals surface area contributed by atoms with Gasteiger partial charge in [0.2, 0.25) is 21.7 Å². The maximum atomic E-state index is 13.2. The molecule has 0 radical (unpaired) electrons. The number of anilines is 1. The van der Waals surface area contributed by atoms with Gasteiger partial charge in [-0.05, 0) is 24.3 Å². The zero-order valence-electron chi connectivity index (χ0n) is 19.8. The number of rotatable bonds is 9. The van der Waals surface area contributed by atoms with Crippen molar-refractivity contribution in [3.05, 3.63) is 52.3 Å². The second-order valence-corrected chi connectivity index (χ2v) is 11.1. The predicted molar refractivity (Wildman–Crippen MR) is 137 cm³/mol. The van der Waals surface area contributed by atoms with Crippen molar-refractivity contribution in [3.8, 4) is 17.1 Å². The van der Waals surface area contributed by atoms with E-state index < -0.39 is 16.1 Å². The van der Waals surface area contributed by atoms with E-state index in [0.29, 0.717) is 43.6 Å². The van der Waals surface area contributed by atoms with Crippen LogP contribution in [0.15, 0.2) is 45.8 Å². The maximum absolute atomic E-state index is 13.2. The van der Waals surface area contributed by atoms with Gasteiger partial charge in [0.1, 0.15) is 10.6 Å². The Morgan fingerprint density at radius 3 is 2.33 bits per heavy atom. The molecule has 2 aromatic carbocycles. The zero-order valence-corrected chi connectivity index (χ0v) is 22.1. The second kappa shape index (κ2) is 11.3. The van der Waals surface area contributed by atoms with Gasteiger partial charge < -0.3 is 19.7 Å². The fourth-order valence-electron chi connectivity index (χ4n) is 3.93. The van der Waals surface area contributed by atoms with Gasteiger partial charge in [0, 0.05) is 69.6 Å². The van der Waals surface area contributed by atoms with Crippen LogP contribution >= 0.6 is 23.2 Å². The highest BCUT2D eigenvalue weighted by molar-refractivity contribution is 7.89. The number of methoxy groups -OCH3 is 1. The summed E-state index contributed by atoms with van der Waals surface area (Å²) in [6.07, 6.45) is -0.641. The van der Waals surface area contributed by atoms with Crippen LogP contribution in [-0.2, 0) is 10.0 Å². The summed E-state index contributed by atoms with van der Waals surface area (Å²) >= 11 is 12.4. The molecule has 36 heavy (non-hydrogen) atoms. The number of aliphatic hydroxyl groups excluding tert-OH is 1. The third-order valence-electron chi connectivity index (χ3n) is 5.82. The molecule has 0 spiro atoms. The number of β-amino-alcohol motifs (C(OH)–C–C–N with tert-alkyl or cyclic N) is 1. The third kappa shape index (κ3) is 6.10. The summed E-state index contributed by atoms with van der Waals surface area (Å²) in [6.45, 7) is 3.96. The SMILES string of the molecule is COc1cc(Cl)c(S(=O)(=O)N2CCN(CC(O)CNc3ccc(-c4noc(C)n4)cc3)CC2)c(Cl)c1. The van der Waals surface area contributed by atoms with Crippen LogP contribution in [0, 0.1) is 6.92 Å². The van der Waals surface area contributed by atoms with Gasteiger partial charge in [-0.3, -0.25) is 4.90 Å². The van der Waals surface area contributed by atoms with E-state index in [1.165, 1.54) is 23.5 Å². The van der Waals surface area contributed by atoms with Gasteiger partial charge in [0.05, 0.1) is 23.3 Å². The number of sulfonamides is 1. The highest BCUT2D eigenvalue weighted by Crippen LogP contribution is 2.35. The summed E-state index contributed by atoms with van der Waals surface area (Å²) in [7, 11) is -2.42. The zero-order chi connectivity index (χ0) is 25.9. The first-order valence-electron chi connectivity index (χ1n) is 11.3. The van der Waals surface area contributed by atoms with Gasteiger partial charge in [-0.2, -0.15) is 9.29 Å². The van der Waals surface area contributed by atoms with Crippen molar-refractivity contribution in [1.29, 1.82) is 0 Å². The molecule has 10 nitrogen and oxygen atoms in total. The summed E-state index contributed by atoms with van der Waals surface area (Å²) in [5, 5.41) is 17.6. The molecular weight excluding hydrogens is 529 g/mol. The van der Waals surface area contributed by atoms with E-state index in [-0.39, 0.29) is 28.0 Å². The molecule has 2 N–H and O–H groups in total. The van der Waals surface area contributed by atoms with E-state index in [4.69, 9.17) is 32.5 Å². The van der Waals surface area contributed by atoms with Gasteiger partial charge >= 0.3 is 0 Å². The Kier molecular flexibility index (Phi) is 8.38. The topological polar surface area (TPSA) is 121 Å². The van der Waals surface area contributed by atoms with E-state index in [9.17, 15) is 13.5 Å². The highest BCUT2D eigenvalue weighted by Gasteiger charge is 2.32. The molecule has 1 aliphatic heterocycles. The molecule has 0 amide bonds. The van der Waals surface area contributed by atoms with Gasteiger partial charge in [0.25, 0.3) is 0 Å². The van der Waals surface area contributed by atoms with E-state index in [2.05, 4.69) is 15.5 Å². The molecule has 4 rings (SSSR count). The molecular formula is C23H27Cl2N5O5S. The Hall–Kier alpha value is -2.41. The first-order valence-corrected chi connectivity index (χ1v) is 13.4. The highest BCUT2D eigenvalue weighted by atomic mass is 35.5. The van der Waals surface area contributed by atoms with Crippen LogP contribution < -0.4 is 10.1 Å². The van der Waals surface area contributed by atoms with Crippen LogP contribution in [0.4, 0.5) is 5.69 Å². The molecule has 1 saturated heterocycles. The van der Waals surface area contributed by atoms with Crippen LogP contribution in [0.3, 0.4) is 0 Å². The monoisotopic (exact) mass is 555 g/mol. The largest absolute Gasteiger partial charge is 0.497 e. The predicted octanol–water partition coefficient (Wildman–Crippen LogP) is 3.14. The second-order valence-electron chi connectivity index (χ2n) is 8.37. The minimum atomic E-state index is -3.87. The Labute approximate surface area is 219 Å². The third-order valence-corrected chi connectivity index (χ3v) is 8.64. The standard InChI is InChI=1S/C23H27Cl2N5O5S/c1-15-27-23(28-35-15)16-3-5-17(6-4-16)26-13-18(31)14-29-7-9-30(10-8-29)36(32,33)22-20(24)11-19(34-2)12-21(22)25/h3-6,11-12,18,26,31H,7-10,13-14H2,1-2H3. The van der Waals surface area contributed by atoms with E-state index in [0.717, 1.165) is 11.3 Å². The summed E-state index contributed by atoms with van der Waals surface area (Å²) < 4.78 is 37.8. The quantitative estimate of drug-likeness (QED) is 0.410. The molecule has 1 unspecified atom stereocenters. The van der Waals surface area contributed by atoms with Crippen LogP contribution in [-0.4, -0.2) is 85.4 Å². The molecule has 1 aliphatic rings. The summed E-state index contributed by atoms with van der Waals surface area (Å²) in [5.74, 6) is 1.41. The molecule has 194 valence electrons. The van der Waals surface area contributed by atoms with Crippen molar-refractivity contribution < 1.29 is 22.8 Å². The van der Waals surface area contributed by atoms with Crippen LogP contribution in [0.25, 0.3) is 11.4 Å². The van der Waals surface area contributed by atoms with E-state index in [1.54, 1.807) is 6.92 Å². The maximum Gasteiger partial charge on any atom is 0.246 e. The average Bonchev–Trinajstić information content (AvgIpc) is 3.29. The molecule has 13 heteroatoms. The molecule has 0 aliphatic carbocycles. The van der Waals surface area contributed by atoms with Gasteiger partial charge in [0.15, 0.2) is 0 Å². The van der Waals surface area contributed by atoms with Crippen LogP contribution in [0.1, 0.15) is 5.89 Å². The summed E-state index contributed by atoms with van der Waals surface area (Å²) in [6, 6.07) is 10.4. The molecule has 3 aromatic rings. The smallest absolute Gasteiger partial charge is 0.246 e. The molecule has 1 fully saturated rings. The molecule has 1 aromatic heterocycles. The van der Waals surface area contributed by atoms with Crippen molar-refractivity contribution in [1.82, 2.24) is 19.3 Å². The Morgan fingerprint density at radius 2 is 1.78 bits per heavy atom. The molecule has 0 saturated carbocycles. The van der Waals surface area contributed by atoms with Gasteiger partial charge in [-0.15, -0.1) is 0 Å². The number of ether oxygens (including phenoxy) is 1. The molecule has 0 bridgehead atoms. The number of benzene rings is 2. The van der Waals surface area contributed by atoms with Crippen LogP contribution in [0.5, 0.6) is 5.75 Å². The van der Waals surface area contributed by atoms with Crippen LogP contribution in [0.2, 0.25) is 10.0 Å². The number of aliphatic hydroxyl groups is 1. The molecule has 1 atom stereocenters. The number of hydrogen-bond donors (Lipinski definition) is 2. The van der Waals surface area contributed by atoms with Crippen molar-refractivity contribution >= 4 is 38.9 Å². The average molecular weight is 556 g/mol. The van der Waals surface area contributed by atoms with Crippen molar-refractivity contribution in [3.63, 3.8) is 0 Å². The Morgan fingerprint density at radius 1 is 1.14 bits per heavy atom. The summed E-state index contributed by atoms with van der Waals surface area (Å²) in [5.41, 5.74) is 1.69. The number of halogens is 2. The lowest BCUT2D eigenvalue weighted by atomic mass is 10.2. The van der Waals surface area contributed by atoms with Crippen molar-refractivity contribution in [2.45, 2.75) is 17.9 Å². The lowest BCUT2D eigenvalue weighted by Gasteiger charge is -2.35. The number of aromatic nitrogens is 2. The van der Waals surface area contributed by atoms with E-state index in [1.807, 2.05) is 29.2 Å². The normalized spacial score (nSPS) is 16.1. The number of hydrogen-bond acceptors (Lipinski definition) is 9. The Balaban J connectivity index is 1.27. The fraction of sp³-hybridized carbons (Fsp3) is 0.391. The van der Waals surface area contributed by atoms with E-state index >= 15 is 0 Å². The minimum absolute atomic E-state index is 0.0173. The lowest BCUT2D eigenvalue weighted by Crippen LogP contribution is -2.51. The fourth-order valence-corrected chi connectivity index (χ4v) is 6.50. The number of piperazine rings is 1. The van der Waals surface area contributed by atoms with Crippen molar-refractivity contribution in [2.24, 2.45) is 0 Å². The summed E-state index contributed by atoms with van der Waals surface area (Å²) in [4.78, 5) is 6.10. The number of aryl methyl sites for hydroxylation is 1. The van der Waals surface area contributed by atoms with Crippen molar-refractivity contribution in [2.75, 3.05) is 51.7 Å². The van der Waals surface area contributed by atoms with Gasteiger partial charge in [-0.1, -0.05) is 28.4 Å². The minimum Gasteiger partial charge on any atom is -0.497 e.